The van der Waals surface area contributed by atoms with Gasteiger partial charge in [0.25, 0.3) is 0 Å². The number of amides is 1. The van der Waals surface area contributed by atoms with Crippen LogP contribution >= 0.6 is 12.4 Å². The molecule has 1 atom stereocenters. The van der Waals surface area contributed by atoms with Gasteiger partial charge in [-0.1, -0.05) is 38.3 Å². The van der Waals surface area contributed by atoms with E-state index in [2.05, 4.69) is 5.32 Å². The summed E-state index contributed by atoms with van der Waals surface area (Å²) in [7, 11) is 0. The van der Waals surface area contributed by atoms with Gasteiger partial charge in [-0.05, 0) is 36.5 Å². The van der Waals surface area contributed by atoms with E-state index in [0.717, 1.165) is 37.7 Å². The Labute approximate surface area is 131 Å². The molecular formula is C16H24ClFN2O. The Morgan fingerprint density at radius 2 is 1.86 bits per heavy atom. The maximum absolute atomic E-state index is 12.9. The Balaban J connectivity index is 0.00000220. The third-order valence-corrected chi connectivity index (χ3v) is 4.21. The van der Waals surface area contributed by atoms with Gasteiger partial charge in [-0.2, -0.15) is 0 Å². The summed E-state index contributed by atoms with van der Waals surface area (Å²) >= 11 is 0. The molecule has 0 radical (unpaired) electrons. The van der Waals surface area contributed by atoms with Gasteiger partial charge in [0.1, 0.15) is 5.82 Å². The van der Waals surface area contributed by atoms with Gasteiger partial charge in [0.05, 0.1) is 5.54 Å². The molecule has 118 valence electrons. The fraction of sp³-hybridized carbons (Fsp3) is 0.562. The Morgan fingerprint density at radius 1 is 1.29 bits per heavy atom. The van der Waals surface area contributed by atoms with Crippen LogP contribution in [0, 0.1) is 5.82 Å². The maximum atomic E-state index is 12.9. The Morgan fingerprint density at radius 3 is 2.43 bits per heavy atom. The third-order valence-electron chi connectivity index (χ3n) is 4.21. The summed E-state index contributed by atoms with van der Waals surface area (Å²) < 4.78 is 12.9. The SMILES string of the molecule is CC(CNC(=O)C1(N)CCCCC1)c1ccc(F)cc1.Cl. The molecule has 0 spiro atoms. The molecular weight excluding hydrogens is 291 g/mol. The Bertz CT molecular complexity index is 458. The van der Waals surface area contributed by atoms with Crippen molar-refractivity contribution in [1.29, 1.82) is 0 Å². The topological polar surface area (TPSA) is 55.1 Å². The van der Waals surface area contributed by atoms with Crippen LogP contribution in [0.2, 0.25) is 0 Å². The molecule has 2 rings (SSSR count). The van der Waals surface area contributed by atoms with E-state index in [1.165, 1.54) is 12.1 Å². The van der Waals surface area contributed by atoms with Gasteiger partial charge in [-0.25, -0.2) is 4.39 Å². The average Bonchev–Trinajstić information content (AvgIpc) is 2.46. The lowest BCUT2D eigenvalue weighted by molar-refractivity contribution is -0.127. The van der Waals surface area contributed by atoms with Crippen molar-refractivity contribution >= 4 is 18.3 Å². The van der Waals surface area contributed by atoms with E-state index in [0.29, 0.717) is 6.54 Å². The highest BCUT2D eigenvalue weighted by Gasteiger charge is 2.35. The molecule has 3 N–H and O–H groups in total. The molecule has 1 aliphatic rings. The van der Waals surface area contributed by atoms with Crippen LogP contribution in [0.1, 0.15) is 50.5 Å². The molecule has 1 unspecified atom stereocenters. The highest BCUT2D eigenvalue weighted by atomic mass is 35.5. The summed E-state index contributed by atoms with van der Waals surface area (Å²) in [6.07, 6.45) is 4.75. The van der Waals surface area contributed by atoms with E-state index in [-0.39, 0.29) is 30.0 Å². The maximum Gasteiger partial charge on any atom is 0.240 e. The fourth-order valence-corrected chi connectivity index (χ4v) is 2.74. The molecule has 1 aliphatic carbocycles. The lowest BCUT2D eigenvalue weighted by atomic mass is 9.82. The summed E-state index contributed by atoms with van der Waals surface area (Å²) in [4.78, 5) is 12.2. The van der Waals surface area contributed by atoms with Gasteiger partial charge >= 0.3 is 0 Å². The minimum Gasteiger partial charge on any atom is -0.354 e. The van der Waals surface area contributed by atoms with Gasteiger partial charge in [0.2, 0.25) is 5.91 Å². The van der Waals surface area contributed by atoms with E-state index in [4.69, 9.17) is 5.73 Å². The van der Waals surface area contributed by atoms with E-state index in [9.17, 15) is 9.18 Å². The average molecular weight is 315 g/mol. The summed E-state index contributed by atoms with van der Waals surface area (Å²) in [6, 6.07) is 6.40. The second kappa shape index (κ2) is 7.76. The highest BCUT2D eigenvalue weighted by molar-refractivity contribution is 5.86. The zero-order valence-corrected chi connectivity index (χ0v) is 13.2. The third kappa shape index (κ3) is 4.68. The Kier molecular flexibility index (Phi) is 6.62. The number of nitrogens with one attached hydrogen (secondary N) is 1. The van der Waals surface area contributed by atoms with Gasteiger partial charge in [0.15, 0.2) is 0 Å². The summed E-state index contributed by atoms with van der Waals surface area (Å²) in [5.41, 5.74) is 6.51. The van der Waals surface area contributed by atoms with Gasteiger partial charge in [0, 0.05) is 6.54 Å². The van der Waals surface area contributed by atoms with E-state index in [1.807, 2.05) is 6.92 Å². The molecule has 1 aromatic carbocycles. The molecule has 3 nitrogen and oxygen atoms in total. The van der Waals surface area contributed by atoms with E-state index in [1.54, 1.807) is 12.1 Å². The second-order valence-electron chi connectivity index (χ2n) is 5.88. The van der Waals surface area contributed by atoms with Crippen LogP contribution in [-0.4, -0.2) is 18.0 Å². The lowest BCUT2D eigenvalue weighted by Crippen LogP contribution is -2.55. The first-order valence-corrected chi connectivity index (χ1v) is 7.34. The molecule has 21 heavy (non-hydrogen) atoms. The lowest BCUT2D eigenvalue weighted by Gasteiger charge is -2.32. The molecule has 0 aromatic heterocycles. The van der Waals surface area contributed by atoms with Crippen molar-refractivity contribution in [1.82, 2.24) is 5.32 Å². The van der Waals surface area contributed by atoms with Gasteiger partial charge in [-0.3, -0.25) is 4.79 Å². The van der Waals surface area contributed by atoms with E-state index < -0.39 is 5.54 Å². The standard InChI is InChI=1S/C16H23FN2O.ClH/c1-12(13-5-7-14(17)8-6-13)11-19-15(20)16(18)9-3-2-4-10-16;/h5-8,12H,2-4,9-11,18H2,1H3,(H,19,20);1H. The largest absolute Gasteiger partial charge is 0.354 e. The number of carbonyl (C=O) groups excluding carboxylic acids is 1. The van der Waals surface area contributed by atoms with Crippen LogP contribution in [-0.2, 0) is 4.79 Å². The fourth-order valence-electron chi connectivity index (χ4n) is 2.74. The molecule has 1 aromatic rings. The molecule has 5 heteroatoms. The van der Waals surface area contributed by atoms with Crippen molar-refractivity contribution < 1.29 is 9.18 Å². The summed E-state index contributed by atoms with van der Waals surface area (Å²) in [5.74, 6) is -0.147. The first-order chi connectivity index (χ1) is 9.51. The molecule has 1 amide bonds. The summed E-state index contributed by atoms with van der Waals surface area (Å²) in [5, 5.41) is 2.95. The smallest absolute Gasteiger partial charge is 0.240 e. The van der Waals surface area contributed by atoms with Gasteiger partial charge < -0.3 is 11.1 Å². The van der Waals surface area contributed by atoms with Crippen molar-refractivity contribution in [3.8, 4) is 0 Å². The predicted molar refractivity (Wildman–Crippen MR) is 85.1 cm³/mol. The molecule has 0 saturated heterocycles. The molecule has 1 saturated carbocycles. The van der Waals surface area contributed by atoms with Crippen molar-refractivity contribution in [2.75, 3.05) is 6.54 Å². The van der Waals surface area contributed by atoms with Crippen LogP contribution in [0.3, 0.4) is 0 Å². The minimum atomic E-state index is -0.694. The van der Waals surface area contributed by atoms with Crippen LogP contribution in [0.15, 0.2) is 24.3 Å². The quantitative estimate of drug-likeness (QED) is 0.897. The van der Waals surface area contributed by atoms with Crippen molar-refractivity contribution in [2.45, 2.75) is 50.5 Å². The van der Waals surface area contributed by atoms with Crippen LogP contribution in [0.25, 0.3) is 0 Å². The Hall–Kier alpha value is -1.13. The number of halogens is 2. The van der Waals surface area contributed by atoms with Crippen molar-refractivity contribution in [2.24, 2.45) is 5.73 Å². The predicted octanol–water partition coefficient (Wildman–Crippen LogP) is 3.13. The van der Waals surface area contributed by atoms with Crippen molar-refractivity contribution in [3.05, 3.63) is 35.6 Å². The van der Waals surface area contributed by atoms with Crippen LogP contribution < -0.4 is 11.1 Å². The van der Waals surface area contributed by atoms with Crippen molar-refractivity contribution in [3.63, 3.8) is 0 Å². The minimum absolute atomic E-state index is 0. The number of benzene rings is 1. The number of hydrogen-bond donors (Lipinski definition) is 2. The molecule has 1 fully saturated rings. The summed E-state index contributed by atoms with van der Waals surface area (Å²) in [6.45, 7) is 2.54. The highest BCUT2D eigenvalue weighted by Crippen LogP contribution is 2.26. The monoisotopic (exact) mass is 314 g/mol. The zero-order valence-electron chi connectivity index (χ0n) is 12.4. The van der Waals surface area contributed by atoms with Gasteiger partial charge in [-0.15, -0.1) is 12.4 Å². The van der Waals surface area contributed by atoms with Crippen LogP contribution in [0.5, 0.6) is 0 Å². The number of nitrogens with two attached hydrogens (primary N) is 1. The zero-order chi connectivity index (χ0) is 14.6. The number of rotatable bonds is 4. The van der Waals surface area contributed by atoms with E-state index >= 15 is 0 Å². The molecule has 0 bridgehead atoms. The van der Waals surface area contributed by atoms with Crippen LogP contribution in [0.4, 0.5) is 4.39 Å². The molecule has 0 heterocycles. The molecule has 0 aliphatic heterocycles. The first kappa shape index (κ1) is 17.9. The number of carbonyl (C=O) groups is 1. The normalized spacial score (nSPS) is 18.4. The number of hydrogen-bond acceptors (Lipinski definition) is 2. The first-order valence-electron chi connectivity index (χ1n) is 7.34. The second-order valence-corrected chi connectivity index (χ2v) is 5.88.